The summed E-state index contributed by atoms with van der Waals surface area (Å²) >= 11 is 3.52. The number of likely N-dealkylation sites (tertiary alicyclic amines) is 1. The number of benzene rings is 1. The van der Waals surface area contributed by atoms with Crippen LogP contribution in [0.1, 0.15) is 38.2 Å². The average Bonchev–Trinajstić information content (AvgIpc) is 2.31. The van der Waals surface area contributed by atoms with E-state index in [1.165, 1.54) is 24.8 Å². The van der Waals surface area contributed by atoms with Crippen molar-refractivity contribution in [3.05, 3.63) is 34.3 Å². The third-order valence-electron chi connectivity index (χ3n) is 3.64. The second-order valence-corrected chi connectivity index (χ2v) is 6.25. The van der Waals surface area contributed by atoms with E-state index in [4.69, 9.17) is 0 Å². The van der Waals surface area contributed by atoms with Gasteiger partial charge in [-0.05, 0) is 50.4 Å². The Hall–Kier alpha value is -0.380. The SMILES string of the molecule is CC(O)CC1CCCCN1Cc1cccc(Br)c1. The number of rotatable bonds is 4. The Balaban J connectivity index is 2.00. The fourth-order valence-electron chi connectivity index (χ4n) is 2.80. The van der Waals surface area contributed by atoms with Gasteiger partial charge in [-0.3, -0.25) is 4.90 Å². The molecule has 3 heteroatoms. The smallest absolute Gasteiger partial charge is 0.0527 e. The van der Waals surface area contributed by atoms with E-state index in [1.54, 1.807) is 0 Å². The normalized spacial score (nSPS) is 22.9. The summed E-state index contributed by atoms with van der Waals surface area (Å²) in [6.07, 6.45) is 4.50. The number of aliphatic hydroxyl groups excluding tert-OH is 1. The van der Waals surface area contributed by atoms with Gasteiger partial charge in [-0.15, -0.1) is 0 Å². The lowest BCUT2D eigenvalue weighted by molar-refractivity contribution is 0.0818. The van der Waals surface area contributed by atoms with Crippen LogP contribution in [0.4, 0.5) is 0 Å². The standard InChI is InChI=1S/C15H22BrNO/c1-12(18)9-15-7-2-3-8-17(15)11-13-5-4-6-14(16)10-13/h4-6,10,12,15,18H,2-3,7-9,11H2,1H3. The summed E-state index contributed by atoms with van der Waals surface area (Å²) in [5, 5.41) is 9.60. The summed E-state index contributed by atoms with van der Waals surface area (Å²) in [7, 11) is 0. The molecule has 1 aromatic carbocycles. The largest absolute Gasteiger partial charge is 0.393 e. The van der Waals surface area contributed by atoms with E-state index in [0.29, 0.717) is 6.04 Å². The molecule has 2 unspecified atom stereocenters. The predicted octanol–water partition coefficient (Wildman–Crippen LogP) is 3.57. The maximum absolute atomic E-state index is 9.60. The molecule has 1 heterocycles. The second kappa shape index (κ2) is 6.69. The molecule has 1 saturated heterocycles. The topological polar surface area (TPSA) is 23.5 Å². The van der Waals surface area contributed by atoms with E-state index >= 15 is 0 Å². The third-order valence-corrected chi connectivity index (χ3v) is 4.13. The lowest BCUT2D eigenvalue weighted by Crippen LogP contribution is -2.40. The van der Waals surface area contributed by atoms with Gasteiger partial charge in [0.2, 0.25) is 0 Å². The van der Waals surface area contributed by atoms with E-state index < -0.39 is 0 Å². The van der Waals surface area contributed by atoms with E-state index in [9.17, 15) is 5.11 Å². The molecular formula is C15H22BrNO. The lowest BCUT2D eigenvalue weighted by atomic mass is 9.96. The highest BCUT2D eigenvalue weighted by molar-refractivity contribution is 9.10. The summed E-state index contributed by atoms with van der Waals surface area (Å²) in [6, 6.07) is 9.06. The predicted molar refractivity (Wildman–Crippen MR) is 78.5 cm³/mol. The third kappa shape index (κ3) is 4.08. The molecule has 0 radical (unpaired) electrons. The first-order valence-electron chi connectivity index (χ1n) is 6.81. The van der Waals surface area contributed by atoms with Crippen molar-refractivity contribution in [2.75, 3.05) is 6.54 Å². The van der Waals surface area contributed by atoms with E-state index in [0.717, 1.165) is 24.0 Å². The zero-order valence-electron chi connectivity index (χ0n) is 11.0. The Labute approximate surface area is 118 Å². The van der Waals surface area contributed by atoms with Crippen LogP contribution in [0.25, 0.3) is 0 Å². The molecule has 1 aromatic rings. The second-order valence-electron chi connectivity index (χ2n) is 5.33. The van der Waals surface area contributed by atoms with Crippen LogP contribution in [0.5, 0.6) is 0 Å². The summed E-state index contributed by atoms with van der Waals surface area (Å²) < 4.78 is 1.14. The van der Waals surface area contributed by atoms with Gasteiger partial charge < -0.3 is 5.11 Å². The molecule has 0 aromatic heterocycles. The minimum atomic E-state index is -0.196. The molecule has 1 fully saturated rings. The van der Waals surface area contributed by atoms with Gasteiger partial charge in [0.05, 0.1) is 6.10 Å². The molecule has 2 nitrogen and oxygen atoms in total. The van der Waals surface area contributed by atoms with Gasteiger partial charge in [0.1, 0.15) is 0 Å². The van der Waals surface area contributed by atoms with Gasteiger partial charge in [-0.25, -0.2) is 0 Å². The van der Waals surface area contributed by atoms with E-state index in [2.05, 4.69) is 45.1 Å². The Morgan fingerprint density at radius 3 is 3.00 bits per heavy atom. The van der Waals surface area contributed by atoms with Gasteiger partial charge in [0.25, 0.3) is 0 Å². The zero-order chi connectivity index (χ0) is 13.0. The van der Waals surface area contributed by atoms with Crippen LogP contribution in [0.15, 0.2) is 28.7 Å². The fourth-order valence-corrected chi connectivity index (χ4v) is 3.25. The molecule has 1 aliphatic rings. The highest BCUT2D eigenvalue weighted by Crippen LogP contribution is 2.23. The molecule has 0 saturated carbocycles. The van der Waals surface area contributed by atoms with Crippen molar-refractivity contribution in [3.8, 4) is 0 Å². The molecule has 2 atom stereocenters. The van der Waals surface area contributed by atoms with Crippen molar-refractivity contribution in [2.45, 2.75) is 51.3 Å². The van der Waals surface area contributed by atoms with Gasteiger partial charge in [0.15, 0.2) is 0 Å². The number of hydrogen-bond acceptors (Lipinski definition) is 2. The summed E-state index contributed by atoms with van der Waals surface area (Å²) in [5.74, 6) is 0. The molecule has 1 aliphatic heterocycles. The lowest BCUT2D eigenvalue weighted by Gasteiger charge is -2.36. The monoisotopic (exact) mass is 311 g/mol. The number of piperidine rings is 1. The molecule has 0 amide bonds. The van der Waals surface area contributed by atoms with Crippen molar-refractivity contribution in [3.63, 3.8) is 0 Å². The molecule has 100 valence electrons. The van der Waals surface area contributed by atoms with Crippen molar-refractivity contribution in [2.24, 2.45) is 0 Å². The Morgan fingerprint density at radius 1 is 1.44 bits per heavy atom. The maximum Gasteiger partial charge on any atom is 0.0527 e. The van der Waals surface area contributed by atoms with Crippen LogP contribution in [-0.4, -0.2) is 28.7 Å². The highest BCUT2D eigenvalue weighted by atomic mass is 79.9. The molecular weight excluding hydrogens is 290 g/mol. The van der Waals surface area contributed by atoms with Crippen molar-refractivity contribution in [1.82, 2.24) is 4.90 Å². The number of nitrogens with zero attached hydrogens (tertiary/aromatic N) is 1. The van der Waals surface area contributed by atoms with Gasteiger partial charge in [0, 0.05) is 17.1 Å². The zero-order valence-corrected chi connectivity index (χ0v) is 12.6. The molecule has 2 rings (SSSR count). The quantitative estimate of drug-likeness (QED) is 0.919. The Kier molecular flexibility index (Phi) is 5.22. The van der Waals surface area contributed by atoms with Crippen LogP contribution in [0, 0.1) is 0 Å². The highest BCUT2D eigenvalue weighted by Gasteiger charge is 2.23. The first-order valence-corrected chi connectivity index (χ1v) is 7.61. The van der Waals surface area contributed by atoms with Crippen molar-refractivity contribution >= 4 is 15.9 Å². The molecule has 0 spiro atoms. The maximum atomic E-state index is 9.60. The minimum absolute atomic E-state index is 0.196. The van der Waals surface area contributed by atoms with E-state index in [1.807, 2.05) is 6.92 Å². The fraction of sp³-hybridized carbons (Fsp3) is 0.600. The molecule has 0 aliphatic carbocycles. The van der Waals surface area contributed by atoms with Crippen LogP contribution in [-0.2, 0) is 6.54 Å². The first-order chi connectivity index (χ1) is 8.65. The number of halogens is 1. The van der Waals surface area contributed by atoms with Crippen LogP contribution >= 0.6 is 15.9 Å². The Morgan fingerprint density at radius 2 is 2.28 bits per heavy atom. The number of hydrogen-bond donors (Lipinski definition) is 1. The minimum Gasteiger partial charge on any atom is -0.393 e. The Bertz CT molecular complexity index is 381. The number of aliphatic hydroxyl groups is 1. The average molecular weight is 312 g/mol. The molecule has 0 bridgehead atoms. The van der Waals surface area contributed by atoms with Gasteiger partial charge in [-0.2, -0.15) is 0 Å². The molecule has 1 N–H and O–H groups in total. The molecule has 18 heavy (non-hydrogen) atoms. The first kappa shape index (κ1) is 14.0. The van der Waals surface area contributed by atoms with Crippen LogP contribution in [0.2, 0.25) is 0 Å². The van der Waals surface area contributed by atoms with Crippen molar-refractivity contribution < 1.29 is 5.11 Å². The van der Waals surface area contributed by atoms with E-state index in [-0.39, 0.29) is 6.10 Å². The summed E-state index contributed by atoms with van der Waals surface area (Å²) in [4.78, 5) is 2.53. The summed E-state index contributed by atoms with van der Waals surface area (Å²) in [6.45, 7) is 4.05. The van der Waals surface area contributed by atoms with Crippen LogP contribution < -0.4 is 0 Å². The van der Waals surface area contributed by atoms with Crippen LogP contribution in [0.3, 0.4) is 0 Å². The van der Waals surface area contributed by atoms with Gasteiger partial charge in [-0.1, -0.05) is 34.5 Å². The summed E-state index contributed by atoms with van der Waals surface area (Å²) in [5.41, 5.74) is 1.35. The van der Waals surface area contributed by atoms with Crippen molar-refractivity contribution in [1.29, 1.82) is 0 Å². The van der Waals surface area contributed by atoms with Gasteiger partial charge >= 0.3 is 0 Å².